The average Bonchev–Trinajstić information content (AvgIpc) is 3.31. The van der Waals surface area contributed by atoms with Gasteiger partial charge in [-0.1, -0.05) is 35.0 Å². The van der Waals surface area contributed by atoms with Crippen molar-refractivity contribution >= 4 is 35.0 Å². The Hall–Kier alpha value is -2.35. The Balaban J connectivity index is 1.42. The number of aromatic nitrogens is 5. The Morgan fingerprint density at radius 2 is 1.54 bits per heavy atom. The van der Waals surface area contributed by atoms with Crippen molar-refractivity contribution < 1.29 is 4.42 Å². The van der Waals surface area contributed by atoms with Crippen molar-refractivity contribution in [1.82, 2.24) is 25.4 Å². The summed E-state index contributed by atoms with van der Waals surface area (Å²) in [4.78, 5) is 4.45. The van der Waals surface area contributed by atoms with Gasteiger partial charge < -0.3 is 4.42 Å². The summed E-state index contributed by atoms with van der Waals surface area (Å²) < 4.78 is 5.67. The van der Waals surface area contributed by atoms with E-state index >= 15 is 0 Å². The van der Waals surface area contributed by atoms with Crippen LogP contribution in [0.25, 0.3) is 22.8 Å². The van der Waals surface area contributed by atoms with E-state index in [-0.39, 0.29) is 0 Å². The zero-order valence-electron chi connectivity index (χ0n) is 13.2. The summed E-state index contributed by atoms with van der Waals surface area (Å²) in [7, 11) is 0. The number of nitrogens with one attached hydrogen (secondary N) is 1. The number of hydrogen-bond acceptors (Lipinski definition) is 6. The van der Waals surface area contributed by atoms with Crippen LogP contribution in [0.2, 0.25) is 10.0 Å². The van der Waals surface area contributed by atoms with Gasteiger partial charge in [0.05, 0.1) is 5.75 Å². The Bertz CT molecular complexity index is 931. The van der Waals surface area contributed by atoms with E-state index in [0.717, 1.165) is 11.1 Å². The minimum Gasteiger partial charge on any atom is -0.420 e. The van der Waals surface area contributed by atoms with E-state index in [0.29, 0.717) is 38.6 Å². The summed E-state index contributed by atoms with van der Waals surface area (Å²) in [5.74, 6) is 2.10. The molecule has 0 radical (unpaired) electrons. The van der Waals surface area contributed by atoms with Gasteiger partial charge in [-0.15, -0.1) is 15.3 Å². The van der Waals surface area contributed by atoms with Crippen LogP contribution < -0.4 is 0 Å². The van der Waals surface area contributed by atoms with Gasteiger partial charge in [-0.3, -0.25) is 5.10 Å². The SMILES string of the molecule is Clc1ccc(-c2nc(SCc3nnc(-c4ccc(Cl)cc4)o3)n[nH]2)cc1. The highest BCUT2D eigenvalue weighted by atomic mass is 35.5. The van der Waals surface area contributed by atoms with E-state index in [1.54, 1.807) is 12.1 Å². The van der Waals surface area contributed by atoms with E-state index in [9.17, 15) is 0 Å². The Morgan fingerprint density at radius 3 is 2.23 bits per heavy atom. The molecule has 0 saturated heterocycles. The highest BCUT2D eigenvalue weighted by molar-refractivity contribution is 7.98. The normalized spacial score (nSPS) is 11.0. The lowest BCUT2D eigenvalue weighted by Gasteiger charge is -1.95. The fourth-order valence-electron chi connectivity index (χ4n) is 2.20. The van der Waals surface area contributed by atoms with Crippen molar-refractivity contribution in [3.8, 4) is 22.8 Å². The Labute approximate surface area is 163 Å². The molecular weight excluding hydrogens is 393 g/mol. The summed E-state index contributed by atoms with van der Waals surface area (Å²) in [6, 6.07) is 14.6. The van der Waals surface area contributed by atoms with Gasteiger partial charge in [0.2, 0.25) is 16.9 Å². The number of H-pyrrole nitrogens is 1. The smallest absolute Gasteiger partial charge is 0.247 e. The number of benzene rings is 2. The Kier molecular flexibility index (Phi) is 4.92. The van der Waals surface area contributed by atoms with Crippen molar-refractivity contribution in [3.63, 3.8) is 0 Å². The van der Waals surface area contributed by atoms with Crippen LogP contribution >= 0.6 is 35.0 Å². The third-order valence-electron chi connectivity index (χ3n) is 3.47. The molecule has 4 aromatic rings. The molecule has 9 heteroatoms. The van der Waals surface area contributed by atoms with Crippen LogP contribution in [0.5, 0.6) is 0 Å². The second-order valence-corrected chi connectivity index (χ2v) is 7.09. The zero-order chi connectivity index (χ0) is 17.9. The lowest BCUT2D eigenvalue weighted by atomic mass is 10.2. The minimum atomic E-state index is 0.453. The molecule has 2 heterocycles. The number of rotatable bonds is 5. The second kappa shape index (κ2) is 7.49. The third kappa shape index (κ3) is 3.90. The van der Waals surface area contributed by atoms with Crippen LogP contribution in [0.4, 0.5) is 0 Å². The maximum Gasteiger partial charge on any atom is 0.247 e. The molecule has 0 saturated carbocycles. The van der Waals surface area contributed by atoms with E-state index in [1.807, 2.05) is 36.4 Å². The summed E-state index contributed by atoms with van der Waals surface area (Å²) in [5.41, 5.74) is 1.73. The van der Waals surface area contributed by atoms with Gasteiger partial charge in [0, 0.05) is 21.2 Å². The van der Waals surface area contributed by atoms with Gasteiger partial charge in [-0.2, -0.15) is 0 Å². The van der Waals surface area contributed by atoms with Gasteiger partial charge in [0.15, 0.2) is 5.82 Å². The van der Waals surface area contributed by atoms with Crippen LogP contribution in [0.3, 0.4) is 0 Å². The number of nitrogens with zero attached hydrogens (tertiary/aromatic N) is 4. The zero-order valence-corrected chi connectivity index (χ0v) is 15.5. The summed E-state index contributed by atoms with van der Waals surface area (Å²) in [5, 5.41) is 17.1. The molecule has 0 amide bonds. The molecule has 4 rings (SSSR count). The van der Waals surface area contributed by atoms with Gasteiger partial charge in [-0.25, -0.2) is 4.98 Å². The summed E-state index contributed by atoms with van der Waals surface area (Å²) in [6.07, 6.45) is 0. The average molecular weight is 404 g/mol. The van der Waals surface area contributed by atoms with Crippen molar-refractivity contribution in [2.75, 3.05) is 0 Å². The highest BCUT2D eigenvalue weighted by Crippen LogP contribution is 2.25. The molecule has 0 aliphatic rings. The fraction of sp³-hybridized carbons (Fsp3) is 0.0588. The maximum atomic E-state index is 5.90. The minimum absolute atomic E-state index is 0.453. The van der Waals surface area contributed by atoms with Crippen LogP contribution in [0.1, 0.15) is 5.89 Å². The third-order valence-corrected chi connectivity index (χ3v) is 4.80. The number of hydrogen-bond donors (Lipinski definition) is 1. The van der Waals surface area contributed by atoms with Crippen molar-refractivity contribution in [1.29, 1.82) is 0 Å². The number of thioether (sulfide) groups is 1. The molecule has 0 bridgehead atoms. The first-order chi connectivity index (χ1) is 12.7. The molecule has 2 aromatic carbocycles. The first-order valence-electron chi connectivity index (χ1n) is 7.57. The topological polar surface area (TPSA) is 80.5 Å². The van der Waals surface area contributed by atoms with Gasteiger partial charge >= 0.3 is 0 Å². The monoisotopic (exact) mass is 403 g/mol. The van der Waals surface area contributed by atoms with E-state index in [4.69, 9.17) is 27.6 Å². The molecule has 2 aromatic heterocycles. The van der Waals surface area contributed by atoms with Crippen LogP contribution in [-0.4, -0.2) is 25.4 Å². The summed E-state index contributed by atoms with van der Waals surface area (Å²) in [6.45, 7) is 0. The van der Waals surface area contributed by atoms with Crippen molar-refractivity contribution in [2.45, 2.75) is 10.9 Å². The predicted octanol–water partition coefficient (Wildman–Crippen LogP) is 5.12. The lowest BCUT2D eigenvalue weighted by molar-refractivity contribution is 0.528. The molecule has 26 heavy (non-hydrogen) atoms. The van der Waals surface area contributed by atoms with E-state index in [1.165, 1.54) is 11.8 Å². The molecule has 0 aliphatic carbocycles. The maximum absolute atomic E-state index is 5.90. The predicted molar refractivity (Wildman–Crippen MR) is 101 cm³/mol. The molecule has 0 aliphatic heterocycles. The van der Waals surface area contributed by atoms with Crippen LogP contribution in [0, 0.1) is 0 Å². The molecular formula is C17H11Cl2N5OS. The summed E-state index contributed by atoms with van der Waals surface area (Å²) >= 11 is 13.2. The van der Waals surface area contributed by atoms with Crippen molar-refractivity contribution in [2.24, 2.45) is 0 Å². The fourth-order valence-corrected chi connectivity index (χ4v) is 3.08. The van der Waals surface area contributed by atoms with Crippen molar-refractivity contribution in [3.05, 3.63) is 64.5 Å². The van der Waals surface area contributed by atoms with Crippen LogP contribution in [-0.2, 0) is 5.75 Å². The molecule has 0 atom stereocenters. The highest BCUT2D eigenvalue weighted by Gasteiger charge is 2.11. The lowest BCUT2D eigenvalue weighted by Crippen LogP contribution is -1.82. The second-order valence-electron chi connectivity index (χ2n) is 5.27. The first kappa shape index (κ1) is 17.1. The van der Waals surface area contributed by atoms with Crippen LogP contribution in [0.15, 0.2) is 58.1 Å². The molecule has 1 N–H and O–H groups in total. The molecule has 6 nitrogen and oxygen atoms in total. The Morgan fingerprint density at radius 1 is 0.885 bits per heavy atom. The van der Waals surface area contributed by atoms with Gasteiger partial charge in [-0.05, 0) is 48.5 Å². The molecule has 0 spiro atoms. The largest absolute Gasteiger partial charge is 0.420 e. The van der Waals surface area contributed by atoms with Gasteiger partial charge in [0.25, 0.3) is 0 Å². The number of halogens is 2. The molecule has 130 valence electrons. The van der Waals surface area contributed by atoms with E-state index in [2.05, 4.69) is 25.4 Å². The van der Waals surface area contributed by atoms with E-state index < -0.39 is 0 Å². The standard InChI is InChI=1S/C17H11Cl2N5OS/c18-12-5-1-10(2-6-12)15-20-17(24-22-15)26-9-14-21-23-16(25-14)11-3-7-13(19)8-4-11/h1-8H,9H2,(H,20,22,24). The molecule has 0 fully saturated rings. The number of aromatic amines is 1. The van der Waals surface area contributed by atoms with Gasteiger partial charge in [0.1, 0.15) is 0 Å². The quantitative estimate of drug-likeness (QED) is 0.465. The molecule has 0 unspecified atom stereocenters. The first-order valence-corrected chi connectivity index (χ1v) is 9.31.